The van der Waals surface area contributed by atoms with Crippen molar-refractivity contribution >= 4 is 22.8 Å². The summed E-state index contributed by atoms with van der Waals surface area (Å²) in [4.78, 5) is 19.4. The molecule has 1 atom stereocenters. The van der Waals surface area contributed by atoms with Gasteiger partial charge in [-0.25, -0.2) is 4.98 Å². The van der Waals surface area contributed by atoms with Crippen LogP contribution in [0.5, 0.6) is 0 Å². The zero-order valence-electron chi connectivity index (χ0n) is 12.9. The van der Waals surface area contributed by atoms with Crippen LogP contribution >= 0.6 is 11.3 Å². The van der Waals surface area contributed by atoms with E-state index in [-0.39, 0.29) is 0 Å². The lowest BCUT2D eigenvalue weighted by molar-refractivity contribution is 0.112. The van der Waals surface area contributed by atoms with Crippen molar-refractivity contribution in [3.05, 3.63) is 10.6 Å². The van der Waals surface area contributed by atoms with Gasteiger partial charge >= 0.3 is 0 Å². The standard InChI is InChI=1S/C16H26N2OS/c1-4-12(3)15-14(11-19)20-16(17-15)18(5-2)13-9-7-6-8-10-13/h11-13H,4-10H2,1-3H3. The molecule has 4 heteroatoms. The molecule has 0 aliphatic heterocycles. The number of carbonyl (C=O) groups is 1. The Balaban J connectivity index is 2.25. The second kappa shape index (κ2) is 7.21. The Bertz CT molecular complexity index is 438. The zero-order chi connectivity index (χ0) is 14.5. The average molecular weight is 294 g/mol. The second-order valence-corrected chi connectivity index (χ2v) is 6.76. The van der Waals surface area contributed by atoms with Gasteiger partial charge in [0.15, 0.2) is 11.4 Å². The van der Waals surface area contributed by atoms with Crippen molar-refractivity contribution in [2.45, 2.75) is 71.3 Å². The summed E-state index contributed by atoms with van der Waals surface area (Å²) >= 11 is 1.58. The third-order valence-electron chi connectivity index (χ3n) is 4.46. The maximum Gasteiger partial charge on any atom is 0.186 e. The number of hydrogen-bond acceptors (Lipinski definition) is 4. The van der Waals surface area contributed by atoms with Crippen LogP contribution in [0.25, 0.3) is 0 Å². The molecule has 1 fully saturated rings. The highest BCUT2D eigenvalue weighted by atomic mass is 32.1. The monoisotopic (exact) mass is 294 g/mol. The molecule has 0 aromatic carbocycles. The van der Waals surface area contributed by atoms with Crippen LogP contribution in [0, 0.1) is 0 Å². The van der Waals surface area contributed by atoms with Crippen LogP contribution in [0.2, 0.25) is 0 Å². The van der Waals surface area contributed by atoms with Gasteiger partial charge in [0.25, 0.3) is 0 Å². The first-order chi connectivity index (χ1) is 9.71. The number of hydrogen-bond donors (Lipinski definition) is 0. The second-order valence-electron chi connectivity index (χ2n) is 5.75. The molecule has 0 spiro atoms. The maximum atomic E-state index is 11.3. The number of nitrogens with zero attached hydrogens (tertiary/aromatic N) is 2. The minimum Gasteiger partial charge on any atom is -0.345 e. The van der Waals surface area contributed by atoms with Crippen LogP contribution < -0.4 is 4.90 Å². The average Bonchev–Trinajstić information content (AvgIpc) is 2.92. The van der Waals surface area contributed by atoms with Crippen LogP contribution in [0.3, 0.4) is 0 Å². The third-order valence-corrected chi connectivity index (χ3v) is 5.49. The topological polar surface area (TPSA) is 33.2 Å². The molecule has 112 valence electrons. The number of anilines is 1. The lowest BCUT2D eigenvalue weighted by Crippen LogP contribution is -2.36. The van der Waals surface area contributed by atoms with E-state index >= 15 is 0 Å². The summed E-state index contributed by atoms with van der Waals surface area (Å²) in [6.07, 6.45) is 8.56. The molecule has 1 aliphatic carbocycles. The van der Waals surface area contributed by atoms with Crippen LogP contribution in [0.4, 0.5) is 5.13 Å². The lowest BCUT2D eigenvalue weighted by atomic mass is 9.94. The molecule has 0 N–H and O–H groups in total. The highest BCUT2D eigenvalue weighted by molar-refractivity contribution is 7.17. The van der Waals surface area contributed by atoms with Crippen LogP contribution in [0.1, 0.15) is 80.6 Å². The first-order valence-electron chi connectivity index (χ1n) is 7.93. The van der Waals surface area contributed by atoms with Gasteiger partial charge in [0, 0.05) is 12.6 Å². The fourth-order valence-corrected chi connectivity index (χ4v) is 4.16. The fourth-order valence-electron chi connectivity index (χ4n) is 3.03. The van der Waals surface area contributed by atoms with Gasteiger partial charge in [0.1, 0.15) is 0 Å². The molecule has 1 saturated carbocycles. The van der Waals surface area contributed by atoms with Crippen LogP contribution in [0.15, 0.2) is 0 Å². The van der Waals surface area contributed by atoms with E-state index in [2.05, 4.69) is 25.7 Å². The van der Waals surface area contributed by atoms with E-state index in [1.807, 2.05) is 0 Å². The van der Waals surface area contributed by atoms with Crippen molar-refractivity contribution < 1.29 is 4.79 Å². The van der Waals surface area contributed by atoms with E-state index in [0.29, 0.717) is 12.0 Å². The Morgan fingerprint density at radius 3 is 2.60 bits per heavy atom. The summed E-state index contributed by atoms with van der Waals surface area (Å²) in [6, 6.07) is 0.615. The summed E-state index contributed by atoms with van der Waals surface area (Å²) in [6.45, 7) is 7.48. The molecule has 0 bridgehead atoms. The first kappa shape index (κ1) is 15.5. The minimum absolute atomic E-state index is 0.366. The third kappa shape index (κ3) is 3.22. The van der Waals surface area contributed by atoms with Gasteiger partial charge in [-0.05, 0) is 32.1 Å². The van der Waals surface area contributed by atoms with Crippen molar-refractivity contribution in [2.75, 3.05) is 11.4 Å². The SMILES string of the molecule is CCC(C)c1nc(N(CC)C2CCCCC2)sc1C=O. The molecule has 2 rings (SSSR count). The molecule has 1 unspecified atom stereocenters. The molecule has 1 aromatic heterocycles. The zero-order valence-corrected chi connectivity index (χ0v) is 13.7. The van der Waals surface area contributed by atoms with Gasteiger partial charge in [-0.2, -0.15) is 0 Å². The number of aldehydes is 1. The van der Waals surface area contributed by atoms with Crippen molar-refractivity contribution in [1.82, 2.24) is 4.98 Å². The fraction of sp³-hybridized carbons (Fsp3) is 0.750. The Morgan fingerprint density at radius 1 is 1.35 bits per heavy atom. The molecular formula is C16H26N2OS. The van der Waals surface area contributed by atoms with Gasteiger partial charge in [0.2, 0.25) is 0 Å². The summed E-state index contributed by atoms with van der Waals surface area (Å²) in [5, 5.41) is 1.05. The number of thiazole rings is 1. The van der Waals surface area contributed by atoms with Gasteiger partial charge in [-0.3, -0.25) is 4.79 Å². The van der Waals surface area contributed by atoms with E-state index in [0.717, 1.165) is 35.0 Å². The van der Waals surface area contributed by atoms with Crippen molar-refractivity contribution in [2.24, 2.45) is 0 Å². The number of rotatable bonds is 6. The largest absolute Gasteiger partial charge is 0.345 e. The Kier molecular flexibility index (Phi) is 5.58. The molecule has 0 saturated heterocycles. The van der Waals surface area contributed by atoms with Crippen LogP contribution in [-0.4, -0.2) is 23.9 Å². The first-order valence-corrected chi connectivity index (χ1v) is 8.75. The van der Waals surface area contributed by atoms with Crippen molar-refractivity contribution in [1.29, 1.82) is 0 Å². The van der Waals surface area contributed by atoms with Gasteiger partial charge < -0.3 is 4.90 Å². The smallest absolute Gasteiger partial charge is 0.186 e. The normalized spacial score (nSPS) is 17.9. The van der Waals surface area contributed by atoms with Crippen molar-refractivity contribution in [3.63, 3.8) is 0 Å². The molecular weight excluding hydrogens is 268 g/mol. The Morgan fingerprint density at radius 2 is 2.05 bits per heavy atom. The van der Waals surface area contributed by atoms with Gasteiger partial charge in [-0.1, -0.05) is 44.4 Å². The van der Waals surface area contributed by atoms with Crippen LogP contribution in [-0.2, 0) is 0 Å². The highest BCUT2D eigenvalue weighted by Crippen LogP contribution is 2.34. The van der Waals surface area contributed by atoms with Gasteiger partial charge in [0.05, 0.1) is 10.6 Å². The van der Waals surface area contributed by atoms with Gasteiger partial charge in [-0.15, -0.1) is 0 Å². The Labute approximate surface area is 126 Å². The van der Waals surface area contributed by atoms with E-state index in [9.17, 15) is 4.79 Å². The molecule has 0 radical (unpaired) electrons. The Hall–Kier alpha value is -0.900. The van der Waals surface area contributed by atoms with E-state index in [1.54, 1.807) is 11.3 Å². The molecule has 3 nitrogen and oxygen atoms in total. The summed E-state index contributed by atoms with van der Waals surface area (Å²) in [5.41, 5.74) is 0.997. The van der Waals surface area contributed by atoms with E-state index < -0.39 is 0 Å². The number of aromatic nitrogens is 1. The highest BCUT2D eigenvalue weighted by Gasteiger charge is 2.25. The number of carbonyl (C=O) groups excluding carboxylic acids is 1. The molecule has 1 aliphatic rings. The van der Waals surface area contributed by atoms with Crippen molar-refractivity contribution in [3.8, 4) is 0 Å². The van der Waals surface area contributed by atoms with E-state index in [4.69, 9.17) is 4.98 Å². The lowest BCUT2D eigenvalue weighted by Gasteiger charge is -2.33. The quantitative estimate of drug-likeness (QED) is 0.717. The maximum absolute atomic E-state index is 11.3. The minimum atomic E-state index is 0.366. The predicted molar refractivity (Wildman–Crippen MR) is 86.1 cm³/mol. The molecule has 20 heavy (non-hydrogen) atoms. The summed E-state index contributed by atoms with van der Waals surface area (Å²) in [5.74, 6) is 0.366. The molecule has 1 heterocycles. The molecule has 1 aromatic rings. The summed E-state index contributed by atoms with van der Waals surface area (Å²) in [7, 11) is 0. The summed E-state index contributed by atoms with van der Waals surface area (Å²) < 4.78 is 0. The molecule has 0 amide bonds. The van der Waals surface area contributed by atoms with E-state index in [1.165, 1.54) is 32.1 Å². The predicted octanol–water partition coefficient (Wildman–Crippen LogP) is 4.63.